The Balaban J connectivity index is 2.00. The van der Waals surface area contributed by atoms with Crippen LogP contribution in [0.25, 0.3) is 0 Å². The molecule has 18 heavy (non-hydrogen) atoms. The average molecular weight is 265 g/mol. The van der Waals surface area contributed by atoms with Gasteiger partial charge in [0, 0.05) is 6.04 Å². The highest BCUT2D eigenvalue weighted by Crippen LogP contribution is 2.35. The third kappa shape index (κ3) is 1.97. The highest BCUT2D eigenvalue weighted by molar-refractivity contribution is 7.92. The van der Waals surface area contributed by atoms with Gasteiger partial charge in [0.1, 0.15) is 0 Å². The van der Waals surface area contributed by atoms with Crippen LogP contribution in [0.15, 0.2) is 29.2 Å². The van der Waals surface area contributed by atoms with E-state index in [2.05, 4.69) is 5.32 Å². The van der Waals surface area contributed by atoms with Crippen molar-refractivity contribution in [3.8, 4) is 0 Å². The lowest BCUT2D eigenvalue weighted by atomic mass is 10.00. The van der Waals surface area contributed by atoms with Crippen LogP contribution in [0.2, 0.25) is 0 Å². The number of sulfone groups is 1. The summed E-state index contributed by atoms with van der Waals surface area (Å²) >= 11 is 0. The second-order valence-electron chi connectivity index (χ2n) is 5.28. The SMILES string of the molecule is O=S(=O)(c1ccccc1C1CCCN1)C1CCC1. The molecule has 1 aliphatic carbocycles. The molecule has 2 aliphatic rings. The van der Waals surface area contributed by atoms with Crippen LogP contribution in [-0.2, 0) is 9.84 Å². The van der Waals surface area contributed by atoms with E-state index in [9.17, 15) is 8.42 Å². The smallest absolute Gasteiger partial charge is 0.181 e. The third-order valence-electron chi connectivity index (χ3n) is 4.15. The van der Waals surface area contributed by atoms with Crippen LogP contribution in [0.1, 0.15) is 43.7 Å². The largest absolute Gasteiger partial charge is 0.310 e. The maximum absolute atomic E-state index is 12.6. The van der Waals surface area contributed by atoms with E-state index >= 15 is 0 Å². The molecule has 1 saturated carbocycles. The zero-order chi connectivity index (χ0) is 12.6. The van der Waals surface area contributed by atoms with Crippen LogP contribution in [0.4, 0.5) is 0 Å². The first kappa shape index (κ1) is 12.2. The van der Waals surface area contributed by atoms with Crippen LogP contribution in [-0.4, -0.2) is 20.2 Å². The number of hydrogen-bond acceptors (Lipinski definition) is 3. The van der Waals surface area contributed by atoms with Gasteiger partial charge in [0.2, 0.25) is 0 Å². The predicted octanol–water partition coefficient (Wildman–Crippen LogP) is 2.44. The molecule has 1 N–H and O–H groups in total. The van der Waals surface area contributed by atoms with Gasteiger partial charge in [0.15, 0.2) is 9.84 Å². The number of benzene rings is 1. The summed E-state index contributed by atoms with van der Waals surface area (Å²) in [4.78, 5) is 0.564. The summed E-state index contributed by atoms with van der Waals surface area (Å²) in [5.74, 6) is 0. The lowest BCUT2D eigenvalue weighted by molar-refractivity contribution is 0.475. The Labute approximate surface area is 109 Å². The summed E-state index contributed by atoms with van der Waals surface area (Å²) < 4.78 is 25.1. The molecule has 0 radical (unpaired) electrons. The highest BCUT2D eigenvalue weighted by atomic mass is 32.2. The third-order valence-corrected chi connectivity index (χ3v) is 6.49. The first-order valence-electron chi connectivity index (χ1n) is 6.76. The van der Waals surface area contributed by atoms with Gasteiger partial charge in [0.05, 0.1) is 10.1 Å². The predicted molar refractivity (Wildman–Crippen MR) is 71.2 cm³/mol. The summed E-state index contributed by atoms with van der Waals surface area (Å²) in [6.07, 6.45) is 4.87. The average Bonchev–Trinajstić information content (AvgIpc) is 2.79. The molecule has 1 heterocycles. The minimum absolute atomic E-state index is 0.139. The molecule has 4 heteroatoms. The lowest BCUT2D eigenvalue weighted by Gasteiger charge is -2.27. The van der Waals surface area contributed by atoms with Crippen molar-refractivity contribution in [3.05, 3.63) is 29.8 Å². The van der Waals surface area contributed by atoms with E-state index in [0.29, 0.717) is 4.90 Å². The van der Waals surface area contributed by atoms with E-state index in [-0.39, 0.29) is 11.3 Å². The molecular weight excluding hydrogens is 246 g/mol. The van der Waals surface area contributed by atoms with Crippen molar-refractivity contribution in [1.29, 1.82) is 0 Å². The molecule has 1 atom stereocenters. The van der Waals surface area contributed by atoms with Crippen molar-refractivity contribution in [2.45, 2.75) is 48.3 Å². The molecule has 1 aromatic rings. The summed E-state index contributed by atoms with van der Waals surface area (Å²) in [7, 11) is -3.11. The van der Waals surface area contributed by atoms with Crippen molar-refractivity contribution in [1.82, 2.24) is 5.32 Å². The monoisotopic (exact) mass is 265 g/mol. The van der Waals surface area contributed by atoms with Gasteiger partial charge in [-0.25, -0.2) is 8.42 Å². The topological polar surface area (TPSA) is 46.2 Å². The Morgan fingerprint density at radius 1 is 1.06 bits per heavy atom. The van der Waals surface area contributed by atoms with E-state index in [4.69, 9.17) is 0 Å². The van der Waals surface area contributed by atoms with Gasteiger partial charge in [-0.15, -0.1) is 0 Å². The maximum Gasteiger partial charge on any atom is 0.181 e. The van der Waals surface area contributed by atoms with Crippen molar-refractivity contribution in [3.63, 3.8) is 0 Å². The molecule has 0 aromatic heterocycles. The van der Waals surface area contributed by atoms with Crippen LogP contribution in [0, 0.1) is 0 Å². The molecule has 0 spiro atoms. The number of nitrogens with one attached hydrogen (secondary N) is 1. The molecule has 1 aromatic carbocycles. The van der Waals surface area contributed by atoms with Crippen LogP contribution >= 0.6 is 0 Å². The van der Waals surface area contributed by atoms with E-state index in [0.717, 1.165) is 44.2 Å². The Morgan fingerprint density at radius 2 is 1.83 bits per heavy atom. The van der Waals surface area contributed by atoms with Gasteiger partial charge in [-0.05, 0) is 43.9 Å². The molecule has 1 aliphatic heterocycles. The number of hydrogen-bond donors (Lipinski definition) is 1. The minimum Gasteiger partial charge on any atom is -0.310 e. The van der Waals surface area contributed by atoms with Gasteiger partial charge < -0.3 is 5.32 Å². The van der Waals surface area contributed by atoms with E-state index < -0.39 is 9.84 Å². The van der Waals surface area contributed by atoms with Crippen molar-refractivity contribution in [2.75, 3.05) is 6.54 Å². The highest BCUT2D eigenvalue weighted by Gasteiger charge is 2.35. The fourth-order valence-corrected chi connectivity index (χ4v) is 4.96. The summed E-state index contributed by atoms with van der Waals surface area (Å²) in [5.41, 5.74) is 0.974. The van der Waals surface area contributed by atoms with Crippen LogP contribution in [0.5, 0.6) is 0 Å². The summed E-state index contributed by atoms with van der Waals surface area (Å²) in [6, 6.07) is 7.74. The molecule has 0 amide bonds. The van der Waals surface area contributed by atoms with Crippen LogP contribution < -0.4 is 5.32 Å². The van der Waals surface area contributed by atoms with Crippen molar-refractivity contribution in [2.24, 2.45) is 0 Å². The second kappa shape index (κ2) is 4.67. The molecule has 1 saturated heterocycles. The molecule has 2 fully saturated rings. The number of rotatable bonds is 3. The van der Waals surface area contributed by atoms with Crippen molar-refractivity contribution >= 4 is 9.84 Å². The summed E-state index contributed by atoms with van der Waals surface area (Å²) in [5, 5.41) is 3.26. The fraction of sp³-hybridized carbons (Fsp3) is 0.571. The lowest BCUT2D eigenvalue weighted by Crippen LogP contribution is -2.30. The minimum atomic E-state index is -3.11. The Bertz CT molecular complexity index is 528. The standard InChI is InChI=1S/C14H19NO2S/c16-18(17,11-5-3-6-11)14-9-2-1-7-12(14)13-8-4-10-15-13/h1-2,7,9,11,13,15H,3-6,8,10H2. The van der Waals surface area contributed by atoms with Gasteiger partial charge in [-0.2, -0.15) is 0 Å². The zero-order valence-electron chi connectivity index (χ0n) is 10.4. The molecule has 3 nitrogen and oxygen atoms in total. The van der Waals surface area contributed by atoms with E-state index in [1.807, 2.05) is 18.2 Å². The molecule has 1 unspecified atom stereocenters. The second-order valence-corrected chi connectivity index (χ2v) is 7.48. The molecule has 98 valence electrons. The Morgan fingerprint density at radius 3 is 2.44 bits per heavy atom. The van der Waals surface area contributed by atoms with E-state index in [1.165, 1.54) is 0 Å². The first-order chi connectivity index (χ1) is 8.69. The van der Waals surface area contributed by atoms with Crippen molar-refractivity contribution < 1.29 is 8.42 Å². The van der Waals surface area contributed by atoms with Gasteiger partial charge >= 0.3 is 0 Å². The molecule has 3 rings (SSSR count). The Hall–Kier alpha value is -0.870. The van der Waals surface area contributed by atoms with Gasteiger partial charge in [0.25, 0.3) is 0 Å². The Kier molecular flexibility index (Phi) is 3.16. The quantitative estimate of drug-likeness (QED) is 0.913. The van der Waals surface area contributed by atoms with Gasteiger partial charge in [-0.1, -0.05) is 24.6 Å². The summed E-state index contributed by atoms with van der Waals surface area (Å²) in [6.45, 7) is 0.989. The van der Waals surface area contributed by atoms with Gasteiger partial charge in [-0.3, -0.25) is 0 Å². The van der Waals surface area contributed by atoms with E-state index in [1.54, 1.807) is 6.07 Å². The normalized spacial score (nSPS) is 25.0. The zero-order valence-corrected chi connectivity index (χ0v) is 11.2. The molecule has 0 bridgehead atoms. The van der Waals surface area contributed by atoms with Crippen LogP contribution in [0.3, 0.4) is 0 Å². The first-order valence-corrected chi connectivity index (χ1v) is 8.30. The maximum atomic E-state index is 12.6. The fourth-order valence-electron chi connectivity index (χ4n) is 2.84. The molecular formula is C14H19NO2S.